The molecule has 0 radical (unpaired) electrons. The molecular formula is C23H19BrCl3N3OS. The molecule has 9 heteroatoms. The van der Waals surface area contributed by atoms with Crippen LogP contribution in [-0.4, -0.2) is 21.0 Å². The van der Waals surface area contributed by atoms with Crippen LogP contribution < -0.4 is 16.0 Å². The highest BCUT2D eigenvalue weighted by Crippen LogP contribution is 2.31. The van der Waals surface area contributed by atoms with E-state index < -0.39 is 15.9 Å². The minimum absolute atomic E-state index is 0.185. The van der Waals surface area contributed by atoms with Gasteiger partial charge in [-0.15, -0.1) is 0 Å². The van der Waals surface area contributed by atoms with Gasteiger partial charge in [0.2, 0.25) is 9.70 Å². The van der Waals surface area contributed by atoms with Crippen molar-refractivity contribution >= 4 is 79.7 Å². The number of anilines is 1. The first-order chi connectivity index (χ1) is 15.3. The third-order valence-corrected chi connectivity index (χ3v) is 6.11. The molecule has 0 aliphatic heterocycles. The molecule has 0 aromatic heterocycles. The van der Waals surface area contributed by atoms with Crippen LogP contribution in [0.3, 0.4) is 0 Å². The molecule has 3 rings (SSSR count). The lowest BCUT2D eigenvalue weighted by Gasteiger charge is -2.30. The zero-order valence-corrected chi connectivity index (χ0v) is 21.2. The first-order valence-corrected chi connectivity index (χ1v) is 11.9. The Hall–Kier alpha value is -1.83. The molecule has 1 amide bonds. The number of carbonyl (C=O) groups excluding carboxylic acids is 1. The Morgan fingerprint density at radius 1 is 0.812 bits per heavy atom. The van der Waals surface area contributed by atoms with Gasteiger partial charge in [0.05, 0.1) is 11.6 Å². The van der Waals surface area contributed by atoms with Crippen LogP contribution >= 0.6 is 63.0 Å². The van der Waals surface area contributed by atoms with Crippen molar-refractivity contribution < 1.29 is 4.79 Å². The summed E-state index contributed by atoms with van der Waals surface area (Å²) in [5.41, 5.74) is 2.35. The Kier molecular flexibility index (Phi) is 8.79. The molecule has 0 spiro atoms. The summed E-state index contributed by atoms with van der Waals surface area (Å²) in [6, 6.07) is 26.2. The fourth-order valence-electron chi connectivity index (χ4n) is 3.06. The summed E-state index contributed by atoms with van der Waals surface area (Å²) < 4.78 is -1.06. The van der Waals surface area contributed by atoms with E-state index in [9.17, 15) is 4.79 Å². The molecule has 3 N–H and O–H groups in total. The predicted molar refractivity (Wildman–Crippen MR) is 140 cm³/mol. The highest BCUT2D eigenvalue weighted by molar-refractivity contribution is 9.10. The molecule has 166 valence electrons. The Labute approximate surface area is 215 Å². The summed E-state index contributed by atoms with van der Waals surface area (Å²) in [5.74, 6) is -0.936. The van der Waals surface area contributed by atoms with Gasteiger partial charge in [0.25, 0.3) is 0 Å². The van der Waals surface area contributed by atoms with Crippen molar-refractivity contribution in [2.24, 2.45) is 0 Å². The van der Waals surface area contributed by atoms with Crippen molar-refractivity contribution in [2.75, 3.05) is 5.32 Å². The van der Waals surface area contributed by atoms with Crippen LogP contribution in [0.15, 0.2) is 89.4 Å². The SMILES string of the molecule is O=C(N[C@H](NC(=S)Nc1ccccc1Br)C(Cl)(Cl)Cl)C(c1ccccc1)c1ccccc1. The van der Waals surface area contributed by atoms with Crippen LogP contribution in [0.1, 0.15) is 17.0 Å². The molecule has 32 heavy (non-hydrogen) atoms. The average molecular weight is 572 g/mol. The van der Waals surface area contributed by atoms with E-state index in [2.05, 4.69) is 31.9 Å². The summed E-state index contributed by atoms with van der Waals surface area (Å²) >= 11 is 27.3. The molecule has 0 fully saturated rings. The fourth-order valence-corrected chi connectivity index (χ4v) is 4.00. The summed E-state index contributed by atoms with van der Waals surface area (Å²) in [5, 5.41) is 8.90. The van der Waals surface area contributed by atoms with Gasteiger partial charge in [-0.25, -0.2) is 0 Å². The Morgan fingerprint density at radius 2 is 1.31 bits per heavy atom. The van der Waals surface area contributed by atoms with Crippen LogP contribution in [0, 0.1) is 0 Å². The Morgan fingerprint density at radius 3 is 1.81 bits per heavy atom. The second-order valence-corrected chi connectivity index (χ2v) is 10.4. The highest BCUT2D eigenvalue weighted by atomic mass is 79.9. The number of hydrogen-bond donors (Lipinski definition) is 3. The van der Waals surface area contributed by atoms with Gasteiger partial charge in [-0.3, -0.25) is 4.79 Å². The Bertz CT molecular complexity index is 1030. The number of thiocarbonyl (C=S) groups is 1. The molecule has 0 bridgehead atoms. The average Bonchev–Trinajstić information content (AvgIpc) is 2.76. The molecule has 0 saturated heterocycles. The van der Waals surface area contributed by atoms with E-state index in [0.29, 0.717) is 0 Å². The van der Waals surface area contributed by atoms with Crippen molar-refractivity contribution in [1.29, 1.82) is 0 Å². The van der Waals surface area contributed by atoms with Crippen LogP contribution in [0.2, 0.25) is 0 Å². The zero-order chi connectivity index (χ0) is 23.1. The van der Waals surface area contributed by atoms with Gasteiger partial charge >= 0.3 is 0 Å². The number of para-hydroxylation sites is 1. The summed E-state index contributed by atoms with van der Waals surface area (Å²) in [6.45, 7) is 0. The number of alkyl halides is 3. The summed E-state index contributed by atoms with van der Waals surface area (Å²) in [6.07, 6.45) is -1.09. The van der Waals surface area contributed by atoms with E-state index in [1.807, 2.05) is 84.9 Å². The molecule has 0 heterocycles. The van der Waals surface area contributed by atoms with Crippen LogP contribution in [0.5, 0.6) is 0 Å². The minimum Gasteiger partial charge on any atom is -0.339 e. The second-order valence-electron chi connectivity index (χ2n) is 6.82. The first-order valence-electron chi connectivity index (χ1n) is 9.54. The number of nitrogens with one attached hydrogen (secondary N) is 3. The van der Waals surface area contributed by atoms with Gasteiger partial charge in [0, 0.05) is 4.47 Å². The maximum absolute atomic E-state index is 13.4. The van der Waals surface area contributed by atoms with Crippen molar-refractivity contribution in [3.8, 4) is 0 Å². The largest absolute Gasteiger partial charge is 0.339 e. The van der Waals surface area contributed by atoms with E-state index in [0.717, 1.165) is 21.3 Å². The monoisotopic (exact) mass is 569 g/mol. The third-order valence-electron chi connectivity index (χ3n) is 4.54. The molecule has 3 aromatic rings. The molecule has 3 aromatic carbocycles. The number of halogens is 4. The van der Waals surface area contributed by atoms with E-state index in [1.54, 1.807) is 0 Å². The maximum atomic E-state index is 13.4. The van der Waals surface area contributed by atoms with Crippen molar-refractivity contribution in [3.63, 3.8) is 0 Å². The van der Waals surface area contributed by atoms with Crippen LogP contribution in [-0.2, 0) is 4.79 Å². The quantitative estimate of drug-likeness (QED) is 0.183. The number of rotatable bonds is 6. The van der Waals surface area contributed by atoms with Gasteiger partial charge in [0.15, 0.2) is 5.11 Å². The smallest absolute Gasteiger partial charge is 0.233 e. The summed E-state index contributed by atoms with van der Waals surface area (Å²) in [7, 11) is 0. The topological polar surface area (TPSA) is 53.2 Å². The number of carbonyl (C=O) groups is 1. The van der Waals surface area contributed by atoms with Gasteiger partial charge in [-0.2, -0.15) is 0 Å². The number of amides is 1. The van der Waals surface area contributed by atoms with Gasteiger partial charge in [-0.05, 0) is 51.4 Å². The Balaban J connectivity index is 1.81. The summed E-state index contributed by atoms with van der Waals surface area (Å²) in [4.78, 5) is 13.4. The number of benzene rings is 3. The first kappa shape index (κ1) is 24.8. The molecule has 0 aliphatic rings. The second kappa shape index (κ2) is 11.3. The molecule has 0 aliphatic carbocycles. The lowest BCUT2D eigenvalue weighted by Crippen LogP contribution is -2.57. The van der Waals surface area contributed by atoms with Crippen molar-refractivity contribution in [1.82, 2.24) is 10.6 Å². The standard InChI is InChI=1S/C23H19BrCl3N3OS/c24-17-13-7-8-14-18(17)28-22(32)30-21(23(25,26)27)29-20(31)19(15-9-3-1-4-10-15)16-11-5-2-6-12-16/h1-14,19,21H,(H,29,31)(H2,28,30,32)/t21-/m1/s1. The van der Waals surface area contributed by atoms with E-state index in [-0.39, 0.29) is 11.0 Å². The fraction of sp³-hybridized carbons (Fsp3) is 0.130. The molecule has 1 atom stereocenters. The predicted octanol–water partition coefficient (Wildman–Crippen LogP) is 6.38. The lowest BCUT2D eigenvalue weighted by atomic mass is 9.90. The van der Waals surface area contributed by atoms with Crippen LogP contribution in [0.4, 0.5) is 5.69 Å². The van der Waals surface area contributed by atoms with Gasteiger partial charge < -0.3 is 16.0 Å². The molecule has 0 unspecified atom stereocenters. The lowest BCUT2D eigenvalue weighted by molar-refractivity contribution is -0.122. The zero-order valence-electron chi connectivity index (χ0n) is 16.6. The molecular weight excluding hydrogens is 553 g/mol. The van der Waals surface area contributed by atoms with E-state index >= 15 is 0 Å². The van der Waals surface area contributed by atoms with Crippen molar-refractivity contribution in [3.05, 3.63) is 101 Å². The third kappa shape index (κ3) is 6.83. The van der Waals surface area contributed by atoms with Gasteiger partial charge in [0.1, 0.15) is 6.17 Å². The maximum Gasteiger partial charge on any atom is 0.233 e. The highest BCUT2D eigenvalue weighted by Gasteiger charge is 2.36. The normalized spacial score (nSPS) is 12.2. The van der Waals surface area contributed by atoms with Crippen LogP contribution in [0.25, 0.3) is 0 Å². The minimum atomic E-state index is -1.87. The molecule has 4 nitrogen and oxygen atoms in total. The van der Waals surface area contributed by atoms with E-state index in [4.69, 9.17) is 47.0 Å². The van der Waals surface area contributed by atoms with E-state index in [1.165, 1.54) is 0 Å². The van der Waals surface area contributed by atoms with Crippen molar-refractivity contribution in [2.45, 2.75) is 15.9 Å². The van der Waals surface area contributed by atoms with Gasteiger partial charge in [-0.1, -0.05) is 108 Å². The molecule has 0 saturated carbocycles. The number of hydrogen-bond acceptors (Lipinski definition) is 2.